The third-order valence-electron chi connectivity index (χ3n) is 1.38. The maximum absolute atomic E-state index is 4.05. The van der Waals surface area contributed by atoms with Gasteiger partial charge in [0.15, 0.2) is 0 Å². The molecule has 1 rings (SSSR count). The van der Waals surface area contributed by atoms with Gasteiger partial charge >= 0.3 is 0 Å². The maximum Gasteiger partial charge on any atom is 0.0826 e. The molecule has 0 fully saturated rings. The van der Waals surface area contributed by atoms with Gasteiger partial charge in [0.2, 0.25) is 0 Å². The van der Waals surface area contributed by atoms with Gasteiger partial charge in [-0.1, -0.05) is 20.8 Å². The van der Waals surface area contributed by atoms with Gasteiger partial charge in [0, 0.05) is 9.89 Å². The Bertz CT molecular complexity index is 253. The first kappa shape index (κ1) is 8.65. The molecule has 0 radical (unpaired) electrons. The minimum Gasteiger partial charge on any atom is -0.159 e. The van der Waals surface area contributed by atoms with E-state index in [4.69, 9.17) is 0 Å². The Morgan fingerprint density at radius 2 is 2.00 bits per heavy atom. The predicted molar refractivity (Wildman–Crippen MR) is 48.4 cm³/mol. The molecule has 0 saturated heterocycles. The van der Waals surface area contributed by atoms with E-state index in [2.05, 4.69) is 46.9 Å². The number of aromatic nitrogens is 2. The van der Waals surface area contributed by atoms with E-state index in [1.54, 1.807) is 6.20 Å². The molecule has 0 aliphatic heterocycles. The van der Waals surface area contributed by atoms with Gasteiger partial charge in [0.05, 0.1) is 11.9 Å². The Balaban J connectivity index is 3.14. The molecule has 1 heterocycles. The van der Waals surface area contributed by atoms with Crippen LogP contribution in [0.4, 0.5) is 0 Å². The van der Waals surface area contributed by atoms with Crippen LogP contribution in [-0.4, -0.2) is 10.2 Å². The van der Waals surface area contributed by atoms with E-state index in [1.165, 1.54) is 0 Å². The third kappa shape index (κ3) is 1.99. The first-order valence-electron chi connectivity index (χ1n) is 3.49. The summed E-state index contributed by atoms with van der Waals surface area (Å²) in [5, 5.41) is 7.88. The zero-order valence-electron chi connectivity index (χ0n) is 6.93. The van der Waals surface area contributed by atoms with Gasteiger partial charge in [-0.25, -0.2) is 0 Å². The monoisotopic (exact) mass is 214 g/mol. The summed E-state index contributed by atoms with van der Waals surface area (Å²) in [5.74, 6) is 0. The van der Waals surface area contributed by atoms with E-state index in [0.29, 0.717) is 0 Å². The largest absolute Gasteiger partial charge is 0.159 e. The van der Waals surface area contributed by atoms with Crippen molar-refractivity contribution in [2.24, 2.45) is 0 Å². The molecular weight excluding hydrogens is 204 g/mol. The number of hydrogen-bond donors (Lipinski definition) is 0. The van der Waals surface area contributed by atoms with Crippen LogP contribution in [-0.2, 0) is 5.41 Å². The fraction of sp³-hybridized carbons (Fsp3) is 0.500. The van der Waals surface area contributed by atoms with Crippen LogP contribution in [0.5, 0.6) is 0 Å². The highest BCUT2D eigenvalue weighted by Crippen LogP contribution is 2.26. The highest BCUT2D eigenvalue weighted by molar-refractivity contribution is 9.10. The molecule has 0 atom stereocenters. The van der Waals surface area contributed by atoms with Gasteiger partial charge in [-0.2, -0.15) is 10.2 Å². The summed E-state index contributed by atoms with van der Waals surface area (Å²) in [4.78, 5) is 0. The summed E-state index contributed by atoms with van der Waals surface area (Å²) in [6, 6.07) is 1.91. The van der Waals surface area contributed by atoms with E-state index < -0.39 is 0 Å². The van der Waals surface area contributed by atoms with Crippen molar-refractivity contribution in [1.82, 2.24) is 10.2 Å². The lowest BCUT2D eigenvalue weighted by Crippen LogP contribution is -2.14. The van der Waals surface area contributed by atoms with Gasteiger partial charge < -0.3 is 0 Å². The van der Waals surface area contributed by atoms with Crippen molar-refractivity contribution in [2.45, 2.75) is 26.2 Å². The smallest absolute Gasteiger partial charge is 0.0826 e. The summed E-state index contributed by atoms with van der Waals surface area (Å²) in [6.45, 7) is 6.34. The van der Waals surface area contributed by atoms with Gasteiger partial charge in [-0.05, 0) is 22.0 Å². The first-order valence-corrected chi connectivity index (χ1v) is 4.29. The van der Waals surface area contributed by atoms with Crippen LogP contribution in [0.3, 0.4) is 0 Å². The minimum atomic E-state index is 0.0626. The van der Waals surface area contributed by atoms with Crippen molar-refractivity contribution in [3.8, 4) is 0 Å². The van der Waals surface area contributed by atoms with Crippen molar-refractivity contribution in [3.05, 3.63) is 22.4 Å². The highest BCUT2D eigenvalue weighted by Gasteiger charge is 2.18. The molecule has 11 heavy (non-hydrogen) atoms. The molecule has 0 aliphatic carbocycles. The van der Waals surface area contributed by atoms with Crippen molar-refractivity contribution in [1.29, 1.82) is 0 Å². The molecule has 3 heteroatoms. The molecule has 0 amide bonds. The van der Waals surface area contributed by atoms with Gasteiger partial charge in [0.1, 0.15) is 0 Å². The van der Waals surface area contributed by atoms with Gasteiger partial charge in [-0.15, -0.1) is 0 Å². The van der Waals surface area contributed by atoms with Crippen molar-refractivity contribution in [2.75, 3.05) is 0 Å². The standard InChI is InChI=1S/C8H11BrN2/c1-8(2,3)7-6(9)4-5-10-11-7/h4-5H,1-3H3. The molecule has 0 unspecified atom stereocenters. The molecule has 2 nitrogen and oxygen atoms in total. The summed E-state index contributed by atoms with van der Waals surface area (Å²) in [7, 11) is 0. The molecular formula is C8H11BrN2. The molecule has 0 N–H and O–H groups in total. The highest BCUT2D eigenvalue weighted by atomic mass is 79.9. The normalized spacial score (nSPS) is 11.6. The molecule has 0 spiro atoms. The molecule has 0 saturated carbocycles. The van der Waals surface area contributed by atoms with Crippen LogP contribution in [0.2, 0.25) is 0 Å². The summed E-state index contributed by atoms with van der Waals surface area (Å²) < 4.78 is 1.03. The minimum absolute atomic E-state index is 0.0626. The van der Waals surface area contributed by atoms with Gasteiger partial charge in [0.25, 0.3) is 0 Å². The third-order valence-corrected chi connectivity index (χ3v) is 2.02. The lowest BCUT2D eigenvalue weighted by molar-refractivity contribution is 0.554. The zero-order valence-corrected chi connectivity index (χ0v) is 8.51. The zero-order chi connectivity index (χ0) is 8.48. The van der Waals surface area contributed by atoms with Gasteiger partial charge in [-0.3, -0.25) is 0 Å². The number of rotatable bonds is 0. The number of hydrogen-bond acceptors (Lipinski definition) is 2. The first-order chi connectivity index (χ1) is 5.02. The van der Waals surface area contributed by atoms with Crippen molar-refractivity contribution >= 4 is 15.9 Å². The van der Waals surface area contributed by atoms with Crippen LogP contribution in [0.15, 0.2) is 16.7 Å². The van der Waals surface area contributed by atoms with E-state index in [1.807, 2.05) is 6.07 Å². The average Bonchev–Trinajstić information content (AvgIpc) is 1.86. The van der Waals surface area contributed by atoms with E-state index in [0.717, 1.165) is 10.2 Å². The Labute approximate surface area is 75.2 Å². The van der Waals surface area contributed by atoms with Crippen LogP contribution < -0.4 is 0 Å². The Hall–Kier alpha value is -0.440. The predicted octanol–water partition coefficient (Wildman–Crippen LogP) is 2.54. The molecule has 0 aromatic carbocycles. The van der Waals surface area contributed by atoms with E-state index in [9.17, 15) is 0 Å². The molecule has 1 aromatic rings. The Kier molecular flexibility index (Phi) is 2.28. The lowest BCUT2D eigenvalue weighted by atomic mass is 9.92. The fourth-order valence-electron chi connectivity index (χ4n) is 0.825. The second kappa shape index (κ2) is 2.89. The molecule has 60 valence electrons. The van der Waals surface area contributed by atoms with Crippen LogP contribution >= 0.6 is 15.9 Å². The van der Waals surface area contributed by atoms with Crippen molar-refractivity contribution < 1.29 is 0 Å². The second-order valence-corrected chi connectivity index (χ2v) is 4.33. The van der Waals surface area contributed by atoms with E-state index >= 15 is 0 Å². The summed E-state index contributed by atoms with van der Waals surface area (Å²) in [6.07, 6.45) is 1.68. The van der Waals surface area contributed by atoms with Crippen LogP contribution in [0.1, 0.15) is 26.5 Å². The average molecular weight is 215 g/mol. The fourth-order valence-corrected chi connectivity index (χ4v) is 1.62. The lowest BCUT2D eigenvalue weighted by Gasteiger charge is -2.17. The van der Waals surface area contributed by atoms with Crippen LogP contribution in [0.25, 0.3) is 0 Å². The maximum atomic E-state index is 4.05. The number of nitrogens with zero attached hydrogens (tertiary/aromatic N) is 2. The number of halogens is 1. The van der Waals surface area contributed by atoms with E-state index in [-0.39, 0.29) is 5.41 Å². The molecule has 1 aromatic heterocycles. The Morgan fingerprint density at radius 3 is 2.36 bits per heavy atom. The summed E-state index contributed by atoms with van der Waals surface area (Å²) >= 11 is 3.43. The SMILES string of the molecule is CC(C)(C)c1nnccc1Br. The Morgan fingerprint density at radius 1 is 1.36 bits per heavy atom. The summed E-state index contributed by atoms with van der Waals surface area (Å²) in [5.41, 5.74) is 1.06. The molecule has 0 aliphatic rings. The molecule has 0 bridgehead atoms. The van der Waals surface area contributed by atoms with Crippen LogP contribution in [0, 0.1) is 0 Å². The second-order valence-electron chi connectivity index (χ2n) is 3.48. The van der Waals surface area contributed by atoms with Crippen molar-refractivity contribution in [3.63, 3.8) is 0 Å². The topological polar surface area (TPSA) is 25.8 Å². The quantitative estimate of drug-likeness (QED) is 0.664.